The summed E-state index contributed by atoms with van der Waals surface area (Å²) in [5.41, 5.74) is 5.05. The maximum atomic E-state index is 4.70. The number of hydrogen-bond acceptors (Lipinski definition) is 1. The van der Waals surface area contributed by atoms with Gasteiger partial charge >= 0.3 is 0 Å². The van der Waals surface area contributed by atoms with Crippen LogP contribution in [0.15, 0.2) is 59.9 Å². The topological polar surface area (TPSA) is 17.3 Å². The average molecular weight is 288 g/mol. The van der Waals surface area contributed by atoms with Gasteiger partial charge < -0.3 is 4.57 Å². The number of nitrogens with zero attached hydrogens (tertiary/aromatic N) is 2. The fraction of sp³-hybridized carbons (Fsp3) is 0.250. The van der Waals surface area contributed by atoms with E-state index in [2.05, 4.69) is 80.2 Å². The standard InChI is InChI=1S/C20H20N2/c1-14-20(2,3)18-10-15(8-9-19(18)21-14)11-22-12-16-6-4-5-7-17(16)13-22/h4-10,12-13H,11H2,1-3H3. The average Bonchev–Trinajstić information content (AvgIpc) is 2.99. The van der Waals surface area contributed by atoms with Crippen LogP contribution in [0.3, 0.4) is 0 Å². The molecule has 0 aliphatic carbocycles. The number of aromatic nitrogens is 1. The summed E-state index contributed by atoms with van der Waals surface area (Å²) in [6, 6.07) is 15.2. The molecular weight excluding hydrogens is 268 g/mol. The van der Waals surface area contributed by atoms with Crippen LogP contribution in [0.5, 0.6) is 0 Å². The largest absolute Gasteiger partial charge is 0.349 e. The zero-order valence-electron chi connectivity index (χ0n) is 13.3. The van der Waals surface area contributed by atoms with Crippen LogP contribution in [-0.2, 0) is 12.0 Å². The van der Waals surface area contributed by atoms with E-state index in [1.54, 1.807) is 0 Å². The van der Waals surface area contributed by atoms with E-state index < -0.39 is 0 Å². The van der Waals surface area contributed by atoms with E-state index in [-0.39, 0.29) is 5.41 Å². The lowest BCUT2D eigenvalue weighted by atomic mass is 9.81. The summed E-state index contributed by atoms with van der Waals surface area (Å²) in [6.45, 7) is 7.53. The molecule has 0 amide bonds. The molecule has 22 heavy (non-hydrogen) atoms. The number of aliphatic imine (C=N–C) groups is 1. The molecule has 3 aromatic rings. The Morgan fingerprint density at radius 2 is 1.68 bits per heavy atom. The van der Waals surface area contributed by atoms with E-state index in [0.717, 1.165) is 12.2 Å². The van der Waals surface area contributed by atoms with Gasteiger partial charge in [-0.3, -0.25) is 4.99 Å². The Bertz CT molecular complexity index is 864. The monoisotopic (exact) mass is 288 g/mol. The van der Waals surface area contributed by atoms with Gasteiger partial charge in [-0.1, -0.05) is 50.2 Å². The van der Waals surface area contributed by atoms with E-state index >= 15 is 0 Å². The van der Waals surface area contributed by atoms with Gasteiger partial charge in [0.15, 0.2) is 0 Å². The highest BCUT2D eigenvalue weighted by Gasteiger charge is 2.32. The Kier molecular flexibility index (Phi) is 2.77. The number of rotatable bonds is 2. The highest BCUT2D eigenvalue weighted by molar-refractivity contribution is 5.99. The van der Waals surface area contributed by atoms with E-state index in [4.69, 9.17) is 4.99 Å². The molecule has 0 fully saturated rings. The third kappa shape index (κ3) is 1.98. The molecule has 4 rings (SSSR count). The summed E-state index contributed by atoms with van der Waals surface area (Å²) in [5.74, 6) is 0. The molecule has 0 unspecified atom stereocenters. The molecule has 0 bridgehead atoms. The molecule has 0 saturated carbocycles. The van der Waals surface area contributed by atoms with Crippen molar-refractivity contribution < 1.29 is 0 Å². The van der Waals surface area contributed by atoms with Crippen molar-refractivity contribution in [1.29, 1.82) is 0 Å². The molecule has 0 radical (unpaired) electrons. The fourth-order valence-corrected chi connectivity index (χ4v) is 3.24. The highest BCUT2D eigenvalue weighted by atomic mass is 14.9. The Morgan fingerprint density at radius 1 is 1.00 bits per heavy atom. The molecule has 110 valence electrons. The maximum absolute atomic E-state index is 4.70. The summed E-state index contributed by atoms with van der Waals surface area (Å²) in [6.07, 6.45) is 4.44. The van der Waals surface area contributed by atoms with Crippen LogP contribution < -0.4 is 0 Å². The summed E-state index contributed by atoms with van der Waals surface area (Å²) in [7, 11) is 0. The first-order valence-electron chi connectivity index (χ1n) is 7.78. The van der Waals surface area contributed by atoms with Crippen LogP contribution in [0.2, 0.25) is 0 Å². The third-order valence-corrected chi connectivity index (χ3v) is 4.90. The lowest BCUT2D eigenvalue weighted by Gasteiger charge is -2.20. The van der Waals surface area contributed by atoms with Crippen LogP contribution >= 0.6 is 0 Å². The van der Waals surface area contributed by atoms with Crippen molar-refractivity contribution in [3.8, 4) is 0 Å². The van der Waals surface area contributed by atoms with E-state index in [1.165, 1.54) is 27.6 Å². The Morgan fingerprint density at radius 3 is 2.36 bits per heavy atom. The zero-order valence-corrected chi connectivity index (χ0v) is 13.3. The van der Waals surface area contributed by atoms with Crippen LogP contribution in [0, 0.1) is 0 Å². The molecule has 1 aliphatic heterocycles. The van der Waals surface area contributed by atoms with Gasteiger partial charge in [-0.2, -0.15) is 0 Å². The molecule has 1 aromatic heterocycles. The minimum absolute atomic E-state index is 0.0484. The van der Waals surface area contributed by atoms with Gasteiger partial charge in [0, 0.05) is 30.1 Å². The minimum atomic E-state index is 0.0484. The van der Waals surface area contributed by atoms with Gasteiger partial charge in [0.1, 0.15) is 0 Å². The highest BCUT2D eigenvalue weighted by Crippen LogP contribution is 2.40. The van der Waals surface area contributed by atoms with Crippen molar-refractivity contribution in [3.05, 3.63) is 66.0 Å². The van der Waals surface area contributed by atoms with Crippen molar-refractivity contribution in [2.24, 2.45) is 4.99 Å². The van der Waals surface area contributed by atoms with Crippen LogP contribution in [0.4, 0.5) is 5.69 Å². The van der Waals surface area contributed by atoms with Crippen LogP contribution in [-0.4, -0.2) is 10.3 Å². The lowest BCUT2D eigenvalue weighted by molar-refractivity contribution is 0.727. The molecule has 0 spiro atoms. The second-order valence-electron chi connectivity index (χ2n) is 6.73. The summed E-state index contributed by atoms with van der Waals surface area (Å²) in [5, 5.41) is 2.59. The summed E-state index contributed by atoms with van der Waals surface area (Å²) < 4.78 is 2.27. The maximum Gasteiger partial charge on any atom is 0.0670 e. The quantitative estimate of drug-likeness (QED) is 0.626. The third-order valence-electron chi connectivity index (χ3n) is 4.90. The first-order chi connectivity index (χ1) is 10.5. The predicted octanol–water partition coefficient (Wildman–Crippen LogP) is 5.07. The fourth-order valence-electron chi connectivity index (χ4n) is 3.24. The predicted molar refractivity (Wildman–Crippen MR) is 93.3 cm³/mol. The smallest absolute Gasteiger partial charge is 0.0670 e. The lowest BCUT2D eigenvalue weighted by Crippen LogP contribution is -2.22. The van der Waals surface area contributed by atoms with Gasteiger partial charge in [0.2, 0.25) is 0 Å². The van der Waals surface area contributed by atoms with Gasteiger partial charge in [-0.05, 0) is 34.9 Å². The van der Waals surface area contributed by atoms with Crippen molar-refractivity contribution >= 4 is 22.2 Å². The van der Waals surface area contributed by atoms with Crippen LogP contribution in [0.1, 0.15) is 31.9 Å². The van der Waals surface area contributed by atoms with Crippen LogP contribution in [0.25, 0.3) is 10.8 Å². The van der Waals surface area contributed by atoms with E-state index in [9.17, 15) is 0 Å². The molecule has 0 atom stereocenters. The molecule has 2 aromatic carbocycles. The van der Waals surface area contributed by atoms with Crippen molar-refractivity contribution in [3.63, 3.8) is 0 Å². The van der Waals surface area contributed by atoms with Gasteiger partial charge in [0.25, 0.3) is 0 Å². The molecule has 1 aliphatic rings. The number of hydrogen-bond donors (Lipinski definition) is 0. The molecule has 0 N–H and O–H groups in total. The van der Waals surface area contributed by atoms with Gasteiger partial charge in [0.05, 0.1) is 5.69 Å². The SMILES string of the molecule is CC1=Nc2ccc(Cn3cc4ccccc4c3)cc2C1(C)C. The molecular formula is C20H20N2. The Balaban J connectivity index is 1.69. The second kappa shape index (κ2) is 4.57. The normalized spacial score (nSPS) is 15.9. The van der Waals surface area contributed by atoms with Crippen molar-refractivity contribution in [2.45, 2.75) is 32.7 Å². The Labute approximate surface area is 131 Å². The zero-order chi connectivity index (χ0) is 15.3. The number of fused-ring (bicyclic) bond motifs is 2. The van der Waals surface area contributed by atoms with Crippen molar-refractivity contribution in [1.82, 2.24) is 4.57 Å². The molecule has 2 heteroatoms. The first-order valence-corrected chi connectivity index (χ1v) is 7.78. The molecule has 2 nitrogen and oxygen atoms in total. The Hall–Kier alpha value is -2.35. The minimum Gasteiger partial charge on any atom is -0.349 e. The van der Waals surface area contributed by atoms with E-state index in [1.807, 2.05) is 0 Å². The van der Waals surface area contributed by atoms with Crippen molar-refractivity contribution in [2.75, 3.05) is 0 Å². The number of benzene rings is 2. The van der Waals surface area contributed by atoms with Gasteiger partial charge in [-0.15, -0.1) is 0 Å². The first kappa shape index (κ1) is 13.3. The van der Waals surface area contributed by atoms with E-state index in [0.29, 0.717) is 0 Å². The molecule has 0 saturated heterocycles. The molecule has 2 heterocycles. The summed E-state index contributed by atoms with van der Waals surface area (Å²) >= 11 is 0. The summed E-state index contributed by atoms with van der Waals surface area (Å²) in [4.78, 5) is 4.70. The van der Waals surface area contributed by atoms with Gasteiger partial charge in [-0.25, -0.2) is 0 Å². The second-order valence-corrected chi connectivity index (χ2v) is 6.73.